The number of aryl methyl sites for hydroxylation is 2. The molecule has 1 heterocycles. The van der Waals surface area contributed by atoms with E-state index in [1.165, 1.54) is 0 Å². The number of benzene rings is 1. The van der Waals surface area contributed by atoms with Gasteiger partial charge in [0.05, 0.1) is 18.1 Å². The van der Waals surface area contributed by atoms with Gasteiger partial charge in [-0.2, -0.15) is 0 Å². The van der Waals surface area contributed by atoms with Crippen LogP contribution in [-0.2, 0) is 6.54 Å². The number of nitrogens with one attached hydrogen (secondary N) is 1. The zero-order valence-electron chi connectivity index (χ0n) is 12.1. The topological polar surface area (TPSA) is 68.0 Å². The van der Waals surface area contributed by atoms with E-state index in [1.807, 2.05) is 26.0 Å². The van der Waals surface area contributed by atoms with Crippen molar-refractivity contribution in [3.05, 3.63) is 51.0 Å². The van der Waals surface area contributed by atoms with Crippen LogP contribution in [-0.4, -0.2) is 17.4 Å². The number of hydrogen-bond donors (Lipinski definition) is 2. The van der Waals surface area contributed by atoms with Gasteiger partial charge in [0.25, 0.3) is 5.91 Å². The Morgan fingerprint density at radius 2 is 2.24 bits per heavy atom. The molecule has 1 aromatic carbocycles. The lowest BCUT2D eigenvalue weighted by Crippen LogP contribution is -2.22. The van der Waals surface area contributed by atoms with Crippen LogP contribution in [0.3, 0.4) is 0 Å². The average Bonchev–Trinajstić information content (AvgIpc) is 2.89. The summed E-state index contributed by atoms with van der Waals surface area (Å²) < 4.78 is 0. The molecule has 4 nitrogen and oxygen atoms in total. The molecule has 2 rings (SSSR count). The number of nitrogens with zero attached hydrogens (tertiary/aromatic N) is 1. The monoisotopic (exact) mass is 299 g/mol. The summed E-state index contributed by atoms with van der Waals surface area (Å²) in [4.78, 5) is 17.3. The second kappa shape index (κ2) is 7.02. The Bertz CT molecular complexity index is 710. The first-order valence-electron chi connectivity index (χ1n) is 6.59. The highest BCUT2D eigenvalue weighted by atomic mass is 32.1. The third-order valence-corrected chi connectivity index (χ3v) is 3.82. The molecular weight excluding hydrogens is 282 g/mol. The van der Waals surface area contributed by atoms with Gasteiger partial charge in [0.15, 0.2) is 0 Å². The molecule has 0 fully saturated rings. The van der Waals surface area contributed by atoms with E-state index < -0.39 is 0 Å². The van der Waals surface area contributed by atoms with Gasteiger partial charge in [-0.1, -0.05) is 11.8 Å². The van der Waals surface area contributed by atoms with E-state index in [4.69, 9.17) is 5.73 Å². The second-order valence-corrected chi connectivity index (χ2v) is 5.88. The molecule has 3 N–H and O–H groups in total. The maximum absolute atomic E-state index is 12.1. The number of carbonyl (C=O) groups is 1. The molecule has 0 bridgehead atoms. The SMILES string of the molecule is Cc1ncc(CNC(=O)c2ccc(C#CCN)c(C)c2)s1. The molecule has 0 saturated carbocycles. The molecule has 0 radical (unpaired) electrons. The Balaban J connectivity index is 2.04. The quantitative estimate of drug-likeness (QED) is 0.852. The molecule has 0 aliphatic heterocycles. The normalized spacial score (nSPS) is 9.86. The molecule has 0 saturated heterocycles. The Morgan fingerprint density at radius 3 is 2.86 bits per heavy atom. The lowest BCUT2D eigenvalue weighted by molar-refractivity contribution is 0.0951. The fourth-order valence-corrected chi connectivity index (χ4v) is 2.58. The van der Waals surface area contributed by atoms with E-state index in [0.717, 1.165) is 21.0 Å². The number of nitrogens with two attached hydrogens (primary N) is 1. The van der Waals surface area contributed by atoms with Crippen molar-refractivity contribution in [1.82, 2.24) is 10.3 Å². The second-order valence-electron chi connectivity index (χ2n) is 4.56. The molecule has 0 unspecified atom stereocenters. The van der Waals surface area contributed by atoms with Crippen molar-refractivity contribution in [2.75, 3.05) is 6.54 Å². The highest BCUT2D eigenvalue weighted by Gasteiger charge is 2.07. The molecular formula is C16H17N3OS. The Kier molecular flexibility index (Phi) is 5.09. The minimum atomic E-state index is -0.0949. The summed E-state index contributed by atoms with van der Waals surface area (Å²) in [6.07, 6.45) is 1.79. The first kappa shape index (κ1) is 15.2. The van der Waals surface area contributed by atoms with Crippen molar-refractivity contribution < 1.29 is 4.79 Å². The highest BCUT2D eigenvalue weighted by molar-refractivity contribution is 7.11. The van der Waals surface area contributed by atoms with E-state index in [-0.39, 0.29) is 5.91 Å². The number of amides is 1. The third-order valence-electron chi connectivity index (χ3n) is 2.91. The van der Waals surface area contributed by atoms with Crippen LogP contribution in [0.5, 0.6) is 0 Å². The van der Waals surface area contributed by atoms with E-state index in [9.17, 15) is 4.79 Å². The lowest BCUT2D eigenvalue weighted by atomic mass is 10.0. The first-order valence-corrected chi connectivity index (χ1v) is 7.41. The summed E-state index contributed by atoms with van der Waals surface area (Å²) in [5.74, 6) is 5.71. The summed E-state index contributed by atoms with van der Waals surface area (Å²) >= 11 is 1.58. The third kappa shape index (κ3) is 4.15. The number of aromatic nitrogens is 1. The van der Waals surface area contributed by atoms with Crippen LogP contribution in [0.2, 0.25) is 0 Å². The number of carbonyl (C=O) groups excluding carboxylic acids is 1. The largest absolute Gasteiger partial charge is 0.347 e. The predicted molar refractivity (Wildman–Crippen MR) is 85.1 cm³/mol. The van der Waals surface area contributed by atoms with Crippen molar-refractivity contribution in [2.45, 2.75) is 20.4 Å². The number of rotatable bonds is 3. The fourth-order valence-electron chi connectivity index (χ4n) is 1.85. The molecule has 5 heteroatoms. The molecule has 21 heavy (non-hydrogen) atoms. The molecule has 0 aliphatic carbocycles. The average molecular weight is 299 g/mol. The van der Waals surface area contributed by atoms with Gasteiger partial charge in [-0.05, 0) is 37.6 Å². The van der Waals surface area contributed by atoms with E-state index in [1.54, 1.807) is 23.6 Å². The zero-order valence-corrected chi connectivity index (χ0v) is 12.9. The molecule has 2 aromatic rings. The van der Waals surface area contributed by atoms with Crippen LogP contribution >= 0.6 is 11.3 Å². The zero-order chi connectivity index (χ0) is 15.2. The summed E-state index contributed by atoms with van der Waals surface area (Å²) in [5, 5.41) is 3.89. The Labute approximate surface area is 128 Å². The highest BCUT2D eigenvalue weighted by Crippen LogP contribution is 2.13. The van der Waals surface area contributed by atoms with E-state index in [0.29, 0.717) is 18.7 Å². The van der Waals surface area contributed by atoms with Crippen molar-refractivity contribution in [1.29, 1.82) is 0 Å². The molecule has 1 amide bonds. The van der Waals surface area contributed by atoms with Gasteiger partial charge in [0.1, 0.15) is 0 Å². The maximum atomic E-state index is 12.1. The molecule has 0 atom stereocenters. The van der Waals surface area contributed by atoms with Crippen LogP contribution in [0, 0.1) is 25.7 Å². The van der Waals surface area contributed by atoms with Gasteiger partial charge in [0.2, 0.25) is 0 Å². The van der Waals surface area contributed by atoms with Crippen LogP contribution in [0.4, 0.5) is 0 Å². The molecule has 0 spiro atoms. The van der Waals surface area contributed by atoms with E-state index >= 15 is 0 Å². The standard InChI is InChI=1S/C16H17N3OS/c1-11-8-14(6-5-13(11)4-3-7-17)16(20)19-10-15-9-18-12(2)21-15/h5-6,8-9H,7,10,17H2,1-2H3,(H,19,20). The van der Waals surface area contributed by atoms with Crippen molar-refractivity contribution in [3.8, 4) is 11.8 Å². The summed E-state index contributed by atoms with van der Waals surface area (Å²) in [5.41, 5.74) is 7.86. The Morgan fingerprint density at radius 1 is 1.43 bits per heavy atom. The minimum absolute atomic E-state index is 0.0949. The van der Waals surface area contributed by atoms with Crippen molar-refractivity contribution >= 4 is 17.2 Å². The van der Waals surface area contributed by atoms with Crippen LogP contribution < -0.4 is 11.1 Å². The van der Waals surface area contributed by atoms with Gasteiger partial charge in [-0.25, -0.2) is 4.98 Å². The van der Waals surface area contributed by atoms with Gasteiger partial charge in [-0.15, -0.1) is 11.3 Å². The van der Waals surface area contributed by atoms with Gasteiger partial charge in [-0.3, -0.25) is 4.79 Å². The van der Waals surface area contributed by atoms with Crippen molar-refractivity contribution in [3.63, 3.8) is 0 Å². The summed E-state index contributed by atoms with van der Waals surface area (Å²) in [6.45, 7) is 4.71. The molecule has 0 aliphatic rings. The number of thiazole rings is 1. The summed E-state index contributed by atoms with van der Waals surface area (Å²) in [7, 11) is 0. The Hall–Kier alpha value is -2.16. The minimum Gasteiger partial charge on any atom is -0.347 e. The van der Waals surface area contributed by atoms with Gasteiger partial charge in [0, 0.05) is 22.2 Å². The lowest BCUT2D eigenvalue weighted by Gasteiger charge is -2.05. The van der Waals surface area contributed by atoms with Crippen molar-refractivity contribution in [2.24, 2.45) is 5.73 Å². The first-order chi connectivity index (χ1) is 10.1. The van der Waals surface area contributed by atoms with Crippen LogP contribution in [0.1, 0.15) is 31.4 Å². The number of hydrogen-bond acceptors (Lipinski definition) is 4. The molecule has 1 aromatic heterocycles. The smallest absolute Gasteiger partial charge is 0.251 e. The predicted octanol–water partition coefficient (Wildman–Crippen LogP) is 2.00. The maximum Gasteiger partial charge on any atom is 0.251 e. The van der Waals surface area contributed by atoms with Crippen LogP contribution in [0.15, 0.2) is 24.4 Å². The van der Waals surface area contributed by atoms with Gasteiger partial charge >= 0.3 is 0 Å². The molecule has 108 valence electrons. The summed E-state index contributed by atoms with van der Waals surface area (Å²) in [6, 6.07) is 5.47. The van der Waals surface area contributed by atoms with Crippen LogP contribution in [0.25, 0.3) is 0 Å². The van der Waals surface area contributed by atoms with E-state index in [2.05, 4.69) is 22.1 Å². The fraction of sp³-hybridized carbons (Fsp3) is 0.250. The van der Waals surface area contributed by atoms with Gasteiger partial charge < -0.3 is 11.1 Å².